The molecule has 0 aromatic heterocycles. The predicted octanol–water partition coefficient (Wildman–Crippen LogP) is 1.02. The lowest BCUT2D eigenvalue weighted by Gasteiger charge is -2.34. The third kappa shape index (κ3) is 3.29. The highest BCUT2D eigenvalue weighted by Crippen LogP contribution is 2.21. The molecule has 3 rings (SSSR count). The minimum atomic E-state index is -3.42. The second-order valence-electron chi connectivity index (χ2n) is 5.97. The molecule has 0 bridgehead atoms. The first kappa shape index (κ1) is 15.0. The first-order valence-corrected chi connectivity index (χ1v) is 9.08. The summed E-state index contributed by atoms with van der Waals surface area (Å²) in [6.45, 7) is 4.04. The second-order valence-corrected chi connectivity index (χ2v) is 7.67. The lowest BCUT2D eigenvalue weighted by atomic mass is 10.0. The molecule has 2 heterocycles. The molecule has 0 aliphatic carbocycles. The van der Waals surface area contributed by atoms with Crippen molar-refractivity contribution in [1.82, 2.24) is 14.3 Å². The SMILES string of the molecule is CC1NCCCC1NS(=O)(=O)N1CCc2ccccc2C1. The molecular weight excluding hydrogens is 286 g/mol. The van der Waals surface area contributed by atoms with Crippen LogP contribution in [0.2, 0.25) is 0 Å². The Bertz CT molecular complexity index is 603. The van der Waals surface area contributed by atoms with Gasteiger partial charge in [-0.1, -0.05) is 24.3 Å². The van der Waals surface area contributed by atoms with Gasteiger partial charge in [0.15, 0.2) is 0 Å². The molecule has 1 saturated heterocycles. The van der Waals surface area contributed by atoms with E-state index in [0.29, 0.717) is 13.1 Å². The average Bonchev–Trinajstić information content (AvgIpc) is 2.49. The van der Waals surface area contributed by atoms with E-state index in [1.807, 2.05) is 25.1 Å². The van der Waals surface area contributed by atoms with Gasteiger partial charge < -0.3 is 5.32 Å². The molecule has 21 heavy (non-hydrogen) atoms. The van der Waals surface area contributed by atoms with E-state index in [2.05, 4.69) is 16.1 Å². The topological polar surface area (TPSA) is 61.4 Å². The number of hydrogen-bond donors (Lipinski definition) is 2. The Morgan fingerprint density at radius 1 is 1.29 bits per heavy atom. The van der Waals surface area contributed by atoms with Crippen LogP contribution in [-0.4, -0.2) is 37.9 Å². The summed E-state index contributed by atoms with van der Waals surface area (Å²) in [5, 5.41) is 3.33. The lowest BCUT2D eigenvalue weighted by molar-refractivity contribution is 0.328. The van der Waals surface area contributed by atoms with E-state index in [9.17, 15) is 8.42 Å². The van der Waals surface area contributed by atoms with Crippen LogP contribution < -0.4 is 10.0 Å². The van der Waals surface area contributed by atoms with Gasteiger partial charge in [-0.3, -0.25) is 0 Å². The summed E-state index contributed by atoms with van der Waals surface area (Å²) in [4.78, 5) is 0. The highest BCUT2D eigenvalue weighted by molar-refractivity contribution is 7.87. The number of rotatable bonds is 3. The van der Waals surface area contributed by atoms with Crippen molar-refractivity contribution in [2.45, 2.75) is 44.8 Å². The fourth-order valence-electron chi connectivity index (χ4n) is 3.15. The summed E-state index contributed by atoms with van der Waals surface area (Å²) >= 11 is 0. The van der Waals surface area contributed by atoms with Crippen LogP contribution in [0.25, 0.3) is 0 Å². The van der Waals surface area contributed by atoms with Gasteiger partial charge in [0.25, 0.3) is 10.2 Å². The van der Waals surface area contributed by atoms with Crippen molar-refractivity contribution in [2.75, 3.05) is 13.1 Å². The fraction of sp³-hybridized carbons (Fsp3) is 0.600. The molecule has 2 N–H and O–H groups in total. The van der Waals surface area contributed by atoms with Crippen LogP contribution in [-0.2, 0) is 23.2 Å². The largest absolute Gasteiger partial charge is 0.313 e. The Morgan fingerprint density at radius 2 is 2.05 bits per heavy atom. The van der Waals surface area contributed by atoms with Crippen molar-refractivity contribution < 1.29 is 8.42 Å². The molecule has 0 radical (unpaired) electrons. The highest BCUT2D eigenvalue weighted by Gasteiger charge is 2.31. The van der Waals surface area contributed by atoms with E-state index in [4.69, 9.17) is 0 Å². The zero-order valence-corrected chi connectivity index (χ0v) is 13.2. The van der Waals surface area contributed by atoms with Gasteiger partial charge in [0, 0.05) is 25.2 Å². The van der Waals surface area contributed by atoms with Crippen molar-refractivity contribution in [3.8, 4) is 0 Å². The molecule has 1 fully saturated rings. The quantitative estimate of drug-likeness (QED) is 0.876. The third-order valence-corrected chi connectivity index (χ3v) is 6.09. The first-order chi connectivity index (χ1) is 10.1. The Kier molecular flexibility index (Phi) is 4.31. The minimum absolute atomic E-state index is 0.0130. The number of piperidine rings is 1. The summed E-state index contributed by atoms with van der Waals surface area (Å²) in [5.41, 5.74) is 2.38. The van der Waals surface area contributed by atoms with Crippen molar-refractivity contribution in [3.05, 3.63) is 35.4 Å². The fourth-order valence-corrected chi connectivity index (χ4v) is 4.64. The molecule has 0 saturated carbocycles. The van der Waals surface area contributed by atoms with Gasteiger partial charge in [0.2, 0.25) is 0 Å². The average molecular weight is 309 g/mol. The van der Waals surface area contributed by atoms with Gasteiger partial charge in [-0.15, -0.1) is 0 Å². The monoisotopic (exact) mass is 309 g/mol. The van der Waals surface area contributed by atoms with Gasteiger partial charge in [0.1, 0.15) is 0 Å². The Labute approximate surface area is 126 Å². The molecule has 2 atom stereocenters. The summed E-state index contributed by atoms with van der Waals surface area (Å²) in [6, 6.07) is 8.25. The molecule has 1 aromatic rings. The number of nitrogens with one attached hydrogen (secondary N) is 2. The summed E-state index contributed by atoms with van der Waals surface area (Å²) in [5.74, 6) is 0. The molecule has 5 nitrogen and oxygen atoms in total. The standard InChI is InChI=1S/C15H23N3O2S/c1-12-15(7-4-9-16-12)17-21(19,20)18-10-8-13-5-2-3-6-14(13)11-18/h2-3,5-6,12,15-17H,4,7-11H2,1H3. The van der Waals surface area contributed by atoms with Crippen LogP contribution in [0, 0.1) is 0 Å². The van der Waals surface area contributed by atoms with Gasteiger partial charge in [0.05, 0.1) is 0 Å². The smallest absolute Gasteiger partial charge is 0.280 e. The van der Waals surface area contributed by atoms with Crippen molar-refractivity contribution in [3.63, 3.8) is 0 Å². The number of nitrogens with zero attached hydrogens (tertiary/aromatic N) is 1. The van der Waals surface area contributed by atoms with Crippen LogP contribution in [0.4, 0.5) is 0 Å². The van der Waals surface area contributed by atoms with Crippen LogP contribution in [0.3, 0.4) is 0 Å². The van der Waals surface area contributed by atoms with Crippen LogP contribution in [0.1, 0.15) is 30.9 Å². The summed E-state index contributed by atoms with van der Waals surface area (Å²) < 4.78 is 29.6. The van der Waals surface area contributed by atoms with Gasteiger partial charge in [-0.05, 0) is 43.9 Å². The van der Waals surface area contributed by atoms with Gasteiger partial charge in [-0.25, -0.2) is 0 Å². The molecule has 0 amide bonds. The van der Waals surface area contributed by atoms with Gasteiger partial charge in [-0.2, -0.15) is 17.4 Å². The Morgan fingerprint density at radius 3 is 2.81 bits per heavy atom. The van der Waals surface area contributed by atoms with Crippen molar-refractivity contribution >= 4 is 10.2 Å². The zero-order valence-electron chi connectivity index (χ0n) is 12.4. The summed E-state index contributed by atoms with van der Waals surface area (Å²) in [7, 11) is -3.42. The van der Waals surface area contributed by atoms with Crippen LogP contribution in [0.15, 0.2) is 24.3 Å². The molecule has 2 unspecified atom stereocenters. The molecule has 2 aliphatic rings. The second kappa shape index (κ2) is 6.04. The maximum absolute atomic E-state index is 12.6. The molecular formula is C15H23N3O2S. The molecule has 116 valence electrons. The van der Waals surface area contributed by atoms with Gasteiger partial charge >= 0.3 is 0 Å². The number of fused-ring (bicyclic) bond motifs is 1. The van der Waals surface area contributed by atoms with Crippen molar-refractivity contribution in [2.24, 2.45) is 0 Å². The Hall–Kier alpha value is -0.950. The van der Waals surface area contributed by atoms with E-state index >= 15 is 0 Å². The maximum atomic E-state index is 12.6. The number of hydrogen-bond acceptors (Lipinski definition) is 3. The van der Waals surface area contributed by atoms with E-state index < -0.39 is 10.2 Å². The highest BCUT2D eigenvalue weighted by atomic mass is 32.2. The van der Waals surface area contributed by atoms with E-state index in [1.54, 1.807) is 4.31 Å². The summed E-state index contributed by atoms with van der Waals surface area (Å²) in [6.07, 6.45) is 2.70. The third-order valence-electron chi connectivity index (χ3n) is 4.50. The van der Waals surface area contributed by atoms with E-state index in [1.165, 1.54) is 5.56 Å². The molecule has 2 aliphatic heterocycles. The molecule has 0 spiro atoms. The number of benzene rings is 1. The van der Waals surface area contributed by atoms with E-state index in [-0.39, 0.29) is 12.1 Å². The molecule has 6 heteroatoms. The lowest BCUT2D eigenvalue weighted by Crippen LogP contribution is -2.55. The maximum Gasteiger partial charge on any atom is 0.280 e. The van der Waals surface area contributed by atoms with Crippen LogP contribution in [0.5, 0.6) is 0 Å². The predicted molar refractivity (Wildman–Crippen MR) is 83.1 cm³/mol. The minimum Gasteiger partial charge on any atom is -0.313 e. The van der Waals surface area contributed by atoms with E-state index in [0.717, 1.165) is 31.4 Å². The van der Waals surface area contributed by atoms with Crippen LogP contribution >= 0.6 is 0 Å². The Balaban J connectivity index is 1.71. The zero-order chi connectivity index (χ0) is 14.9. The first-order valence-electron chi connectivity index (χ1n) is 7.64. The normalized spacial score (nSPS) is 27.3. The molecule has 1 aromatic carbocycles. The van der Waals surface area contributed by atoms with Crippen molar-refractivity contribution in [1.29, 1.82) is 0 Å².